The van der Waals surface area contributed by atoms with Crippen LogP contribution in [0.5, 0.6) is 0 Å². The van der Waals surface area contributed by atoms with Crippen LogP contribution in [0.3, 0.4) is 0 Å². The molecular weight excluding hydrogens is 253 g/mol. The zero-order valence-corrected chi connectivity index (χ0v) is 11.1. The third kappa shape index (κ3) is 2.45. The van der Waals surface area contributed by atoms with Crippen molar-refractivity contribution in [1.82, 2.24) is 15.0 Å². The molecule has 0 radical (unpaired) electrons. The lowest BCUT2D eigenvalue weighted by Gasteiger charge is -2.11. The summed E-state index contributed by atoms with van der Waals surface area (Å²) < 4.78 is 14.7. The Balaban J connectivity index is 1.88. The van der Waals surface area contributed by atoms with Crippen LogP contribution in [0.4, 0.5) is 4.39 Å². The molecule has 0 spiro atoms. The summed E-state index contributed by atoms with van der Waals surface area (Å²) in [4.78, 5) is 0. The van der Waals surface area contributed by atoms with Crippen LogP contribution in [0, 0.1) is 5.82 Å². The van der Waals surface area contributed by atoms with Gasteiger partial charge in [0.25, 0.3) is 0 Å². The third-order valence-corrected chi connectivity index (χ3v) is 3.33. The van der Waals surface area contributed by atoms with Gasteiger partial charge in [0.05, 0.1) is 12.2 Å². The molecule has 0 N–H and O–H groups in total. The van der Waals surface area contributed by atoms with E-state index in [1.807, 2.05) is 43.5 Å². The van der Waals surface area contributed by atoms with Gasteiger partial charge in [-0.2, -0.15) is 0 Å². The van der Waals surface area contributed by atoms with Crippen molar-refractivity contribution in [3.05, 3.63) is 72.2 Å². The van der Waals surface area contributed by atoms with Crippen molar-refractivity contribution >= 4 is 0 Å². The van der Waals surface area contributed by atoms with Crippen LogP contribution in [0.25, 0.3) is 11.3 Å². The number of rotatable bonds is 3. The molecule has 0 aliphatic carbocycles. The van der Waals surface area contributed by atoms with Crippen LogP contribution in [0.1, 0.15) is 18.5 Å². The van der Waals surface area contributed by atoms with E-state index in [1.54, 1.807) is 16.8 Å². The smallest absolute Gasteiger partial charge is 0.123 e. The highest BCUT2D eigenvalue weighted by Gasteiger charge is 2.11. The van der Waals surface area contributed by atoms with Crippen LogP contribution in [-0.2, 0) is 0 Å². The van der Waals surface area contributed by atoms with Gasteiger partial charge in [0.1, 0.15) is 11.5 Å². The molecule has 0 fully saturated rings. The Morgan fingerprint density at radius 1 is 1.00 bits per heavy atom. The Bertz CT molecular complexity index is 689. The predicted molar refractivity (Wildman–Crippen MR) is 75.7 cm³/mol. The summed E-state index contributed by atoms with van der Waals surface area (Å²) in [5.74, 6) is -0.232. The van der Waals surface area contributed by atoms with E-state index in [9.17, 15) is 4.39 Å². The fraction of sp³-hybridized carbons (Fsp3) is 0.125. The highest BCUT2D eigenvalue weighted by Crippen LogP contribution is 2.21. The Labute approximate surface area is 116 Å². The maximum absolute atomic E-state index is 12.9. The molecule has 1 heterocycles. The summed E-state index contributed by atoms with van der Waals surface area (Å²) in [6.45, 7) is 2.01. The summed E-state index contributed by atoms with van der Waals surface area (Å²) in [5, 5.41) is 8.35. The second kappa shape index (κ2) is 5.25. The number of nitrogens with zero attached hydrogens (tertiary/aromatic N) is 3. The third-order valence-electron chi connectivity index (χ3n) is 3.33. The molecule has 0 aliphatic heterocycles. The van der Waals surface area contributed by atoms with E-state index in [1.165, 1.54) is 12.1 Å². The molecule has 2 aromatic carbocycles. The first kappa shape index (κ1) is 12.5. The highest BCUT2D eigenvalue weighted by atomic mass is 19.1. The van der Waals surface area contributed by atoms with E-state index in [4.69, 9.17) is 0 Å². The molecule has 3 rings (SSSR count). The second-order valence-corrected chi connectivity index (χ2v) is 4.68. The summed E-state index contributed by atoms with van der Waals surface area (Å²) in [6, 6.07) is 16.4. The van der Waals surface area contributed by atoms with Gasteiger partial charge in [-0.3, -0.25) is 0 Å². The Kier molecular flexibility index (Phi) is 3.29. The first-order valence-electron chi connectivity index (χ1n) is 6.47. The van der Waals surface area contributed by atoms with E-state index in [0.29, 0.717) is 0 Å². The van der Waals surface area contributed by atoms with Crippen LogP contribution < -0.4 is 0 Å². The number of hydrogen-bond acceptors (Lipinski definition) is 2. The quantitative estimate of drug-likeness (QED) is 0.724. The first-order chi connectivity index (χ1) is 9.74. The molecule has 20 heavy (non-hydrogen) atoms. The largest absolute Gasteiger partial charge is 0.245 e. The molecule has 0 amide bonds. The molecule has 0 saturated carbocycles. The molecule has 3 nitrogen and oxygen atoms in total. The maximum atomic E-state index is 12.9. The lowest BCUT2D eigenvalue weighted by molar-refractivity contribution is 0.541. The van der Waals surface area contributed by atoms with E-state index < -0.39 is 0 Å². The normalized spacial score (nSPS) is 12.3. The van der Waals surface area contributed by atoms with E-state index in [0.717, 1.165) is 16.8 Å². The van der Waals surface area contributed by atoms with Crippen LogP contribution in [0.2, 0.25) is 0 Å². The average Bonchev–Trinajstić information content (AvgIpc) is 2.98. The number of benzene rings is 2. The topological polar surface area (TPSA) is 30.7 Å². The van der Waals surface area contributed by atoms with Gasteiger partial charge in [0.2, 0.25) is 0 Å². The zero-order chi connectivity index (χ0) is 13.9. The van der Waals surface area contributed by atoms with Gasteiger partial charge in [-0.15, -0.1) is 5.10 Å². The van der Waals surface area contributed by atoms with Gasteiger partial charge >= 0.3 is 0 Å². The number of aromatic nitrogens is 3. The highest BCUT2D eigenvalue weighted by molar-refractivity contribution is 5.57. The molecular formula is C16H14FN3. The lowest BCUT2D eigenvalue weighted by atomic mass is 10.1. The van der Waals surface area contributed by atoms with Crippen molar-refractivity contribution < 1.29 is 4.39 Å². The van der Waals surface area contributed by atoms with Gasteiger partial charge in [-0.25, -0.2) is 9.07 Å². The van der Waals surface area contributed by atoms with Gasteiger partial charge in [-0.1, -0.05) is 47.7 Å². The SMILES string of the molecule is CC(c1ccc(F)cc1)n1cc(-c2ccccc2)nn1. The Morgan fingerprint density at radius 2 is 1.70 bits per heavy atom. The molecule has 4 heteroatoms. The fourth-order valence-corrected chi connectivity index (χ4v) is 2.10. The molecule has 0 aliphatic rings. The van der Waals surface area contributed by atoms with Crippen LogP contribution in [0.15, 0.2) is 60.8 Å². The minimum atomic E-state index is -0.232. The average molecular weight is 267 g/mol. The molecule has 100 valence electrons. The summed E-state index contributed by atoms with van der Waals surface area (Å²) in [7, 11) is 0. The molecule has 1 aromatic heterocycles. The maximum Gasteiger partial charge on any atom is 0.123 e. The van der Waals surface area contributed by atoms with Gasteiger partial charge in [0.15, 0.2) is 0 Å². The number of halogens is 1. The van der Waals surface area contributed by atoms with Gasteiger partial charge < -0.3 is 0 Å². The van der Waals surface area contributed by atoms with Gasteiger partial charge in [0, 0.05) is 5.56 Å². The molecule has 1 atom stereocenters. The zero-order valence-electron chi connectivity index (χ0n) is 11.1. The predicted octanol–water partition coefficient (Wildman–Crippen LogP) is 3.69. The van der Waals surface area contributed by atoms with Crippen molar-refractivity contribution in [3.8, 4) is 11.3 Å². The number of hydrogen-bond donors (Lipinski definition) is 0. The van der Waals surface area contributed by atoms with Crippen molar-refractivity contribution in [3.63, 3.8) is 0 Å². The van der Waals surface area contributed by atoms with E-state index >= 15 is 0 Å². The first-order valence-corrected chi connectivity index (χ1v) is 6.47. The van der Waals surface area contributed by atoms with Gasteiger partial charge in [-0.05, 0) is 24.6 Å². The molecule has 1 unspecified atom stereocenters. The minimum Gasteiger partial charge on any atom is -0.245 e. The van der Waals surface area contributed by atoms with E-state index in [2.05, 4.69) is 10.3 Å². The summed E-state index contributed by atoms with van der Waals surface area (Å²) in [6.07, 6.45) is 1.91. The Morgan fingerprint density at radius 3 is 2.40 bits per heavy atom. The summed E-state index contributed by atoms with van der Waals surface area (Å²) in [5.41, 5.74) is 2.86. The molecule has 0 bridgehead atoms. The van der Waals surface area contributed by atoms with Crippen molar-refractivity contribution in [1.29, 1.82) is 0 Å². The fourth-order valence-electron chi connectivity index (χ4n) is 2.10. The molecule has 3 aromatic rings. The monoisotopic (exact) mass is 267 g/mol. The summed E-state index contributed by atoms with van der Waals surface area (Å²) >= 11 is 0. The van der Waals surface area contributed by atoms with Crippen molar-refractivity contribution in [2.45, 2.75) is 13.0 Å². The minimum absolute atomic E-state index is 0.0144. The second-order valence-electron chi connectivity index (χ2n) is 4.68. The van der Waals surface area contributed by atoms with Crippen LogP contribution >= 0.6 is 0 Å². The van der Waals surface area contributed by atoms with Crippen molar-refractivity contribution in [2.24, 2.45) is 0 Å². The lowest BCUT2D eigenvalue weighted by Crippen LogP contribution is -2.07. The Hall–Kier alpha value is -2.49. The van der Waals surface area contributed by atoms with E-state index in [-0.39, 0.29) is 11.9 Å². The molecule has 0 saturated heterocycles. The standard InChI is InChI=1S/C16H14FN3/c1-12(13-7-9-15(17)10-8-13)20-11-16(18-19-20)14-5-3-2-4-6-14/h2-12H,1H3. The van der Waals surface area contributed by atoms with Crippen LogP contribution in [-0.4, -0.2) is 15.0 Å². The van der Waals surface area contributed by atoms with Crippen molar-refractivity contribution in [2.75, 3.05) is 0 Å².